The highest BCUT2D eigenvalue weighted by atomic mass is 19.1. The second kappa shape index (κ2) is 15.9. The summed E-state index contributed by atoms with van der Waals surface area (Å²) in [6.07, 6.45) is 7.05. The van der Waals surface area contributed by atoms with Crippen LogP contribution in [0.15, 0.2) is 42.6 Å². The molecule has 1 aromatic heterocycles. The summed E-state index contributed by atoms with van der Waals surface area (Å²) in [6.45, 7) is 3.91. The molecule has 0 saturated heterocycles. The number of nitrogens with zero attached hydrogens (tertiary/aromatic N) is 4. The van der Waals surface area contributed by atoms with Crippen molar-refractivity contribution in [2.75, 3.05) is 58.0 Å². The summed E-state index contributed by atoms with van der Waals surface area (Å²) < 4.78 is 13.1. The van der Waals surface area contributed by atoms with Crippen LogP contribution in [-0.4, -0.2) is 78.9 Å². The SMILES string of the molecule is CCCNc1nc(Nc2ccc(F)cc2)ncc1C#CCCCNC(=O)CN(C)C(=O)/C=C/CN(C)C. The van der Waals surface area contributed by atoms with Crippen molar-refractivity contribution in [2.24, 2.45) is 0 Å². The van der Waals surface area contributed by atoms with Gasteiger partial charge < -0.3 is 25.8 Å². The van der Waals surface area contributed by atoms with Crippen LogP contribution >= 0.6 is 0 Å². The van der Waals surface area contributed by atoms with Crippen LogP contribution in [-0.2, 0) is 9.59 Å². The average Bonchev–Trinajstić information content (AvgIpc) is 2.86. The third-order valence-electron chi connectivity index (χ3n) is 4.94. The Morgan fingerprint density at radius 1 is 1.14 bits per heavy atom. The summed E-state index contributed by atoms with van der Waals surface area (Å²) >= 11 is 0. The molecule has 1 heterocycles. The minimum atomic E-state index is -0.312. The van der Waals surface area contributed by atoms with E-state index in [1.807, 2.05) is 19.0 Å². The first-order valence-electron chi connectivity index (χ1n) is 12.2. The van der Waals surface area contributed by atoms with Crippen LogP contribution in [0.2, 0.25) is 0 Å². The topological polar surface area (TPSA) is 102 Å². The van der Waals surface area contributed by atoms with E-state index in [0.29, 0.717) is 48.9 Å². The lowest BCUT2D eigenvalue weighted by Crippen LogP contribution is -2.38. The van der Waals surface area contributed by atoms with E-state index in [9.17, 15) is 14.0 Å². The largest absolute Gasteiger partial charge is 0.369 e. The van der Waals surface area contributed by atoms with Crippen molar-refractivity contribution in [3.8, 4) is 11.8 Å². The van der Waals surface area contributed by atoms with E-state index in [2.05, 4.69) is 44.7 Å². The van der Waals surface area contributed by atoms with Gasteiger partial charge in [0, 0.05) is 44.9 Å². The second-order valence-corrected chi connectivity index (χ2v) is 8.63. The predicted octanol–water partition coefficient (Wildman–Crippen LogP) is 3.01. The zero-order valence-corrected chi connectivity index (χ0v) is 22.0. The van der Waals surface area contributed by atoms with Crippen LogP contribution in [0.3, 0.4) is 0 Å². The Morgan fingerprint density at radius 2 is 1.89 bits per heavy atom. The molecule has 0 fully saturated rings. The molecular formula is C27H36FN7O2. The number of aromatic nitrogens is 2. The number of rotatable bonds is 13. The molecular weight excluding hydrogens is 473 g/mol. The maximum Gasteiger partial charge on any atom is 0.246 e. The van der Waals surface area contributed by atoms with Crippen LogP contribution in [0.25, 0.3) is 0 Å². The molecule has 10 heteroatoms. The van der Waals surface area contributed by atoms with E-state index in [0.717, 1.165) is 13.0 Å². The van der Waals surface area contributed by atoms with Crippen LogP contribution in [0.4, 0.5) is 21.8 Å². The number of amides is 2. The first kappa shape index (κ1) is 29.3. The van der Waals surface area contributed by atoms with Gasteiger partial charge in [0.15, 0.2) is 0 Å². The van der Waals surface area contributed by atoms with Crippen LogP contribution < -0.4 is 16.0 Å². The number of nitrogens with one attached hydrogen (secondary N) is 3. The normalized spacial score (nSPS) is 10.6. The van der Waals surface area contributed by atoms with Gasteiger partial charge in [-0.15, -0.1) is 0 Å². The molecule has 2 rings (SSSR count). The summed E-state index contributed by atoms with van der Waals surface area (Å²) in [5.41, 5.74) is 1.35. The molecule has 0 unspecified atom stereocenters. The molecule has 0 radical (unpaired) electrons. The molecule has 37 heavy (non-hydrogen) atoms. The smallest absolute Gasteiger partial charge is 0.246 e. The molecule has 0 aliphatic rings. The molecule has 9 nitrogen and oxygen atoms in total. The van der Waals surface area contributed by atoms with Crippen molar-refractivity contribution in [2.45, 2.75) is 26.2 Å². The number of halogens is 1. The summed E-state index contributed by atoms with van der Waals surface area (Å²) in [7, 11) is 5.43. The zero-order chi connectivity index (χ0) is 27.0. The third-order valence-corrected chi connectivity index (χ3v) is 4.94. The van der Waals surface area contributed by atoms with Crippen molar-refractivity contribution < 1.29 is 14.0 Å². The fourth-order valence-electron chi connectivity index (χ4n) is 2.98. The van der Waals surface area contributed by atoms with E-state index in [1.54, 1.807) is 31.5 Å². The van der Waals surface area contributed by atoms with Crippen molar-refractivity contribution in [3.63, 3.8) is 0 Å². The Bertz CT molecular complexity index is 1110. The van der Waals surface area contributed by atoms with Crippen molar-refractivity contribution in [1.29, 1.82) is 0 Å². The predicted molar refractivity (Wildman–Crippen MR) is 145 cm³/mol. The van der Waals surface area contributed by atoms with Crippen molar-refractivity contribution >= 4 is 29.3 Å². The number of likely N-dealkylation sites (N-methyl/N-ethyl adjacent to an activating group) is 2. The zero-order valence-electron chi connectivity index (χ0n) is 22.0. The molecule has 2 aromatic rings. The highest BCUT2D eigenvalue weighted by Crippen LogP contribution is 2.17. The van der Waals surface area contributed by atoms with E-state index in [4.69, 9.17) is 0 Å². The minimum absolute atomic E-state index is 0.00107. The lowest BCUT2D eigenvalue weighted by atomic mass is 10.2. The Kier molecular flexibility index (Phi) is 12.6. The van der Waals surface area contributed by atoms with Gasteiger partial charge in [-0.05, 0) is 51.2 Å². The maximum absolute atomic E-state index is 13.1. The Morgan fingerprint density at radius 3 is 2.59 bits per heavy atom. The summed E-state index contributed by atoms with van der Waals surface area (Å²) in [5, 5.41) is 9.13. The molecule has 0 bridgehead atoms. The van der Waals surface area contributed by atoms with Gasteiger partial charge in [-0.3, -0.25) is 9.59 Å². The monoisotopic (exact) mass is 509 g/mol. The number of benzene rings is 1. The van der Waals surface area contributed by atoms with Gasteiger partial charge >= 0.3 is 0 Å². The second-order valence-electron chi connectivity index (χ2n) is 8.63. The number of hydrogen-bond donors (Lipinski definition) is 3. The van der Waals surface area contributed by atoms with Gasteiger partial charge in [-0.1, -0.05) is 24.8 Å². The van der Waals surface area contributed by atoms with Crippen LogP contribution in [0, 0.1) is 17.7 Å². The van der Waals surface area contributed by atoms with E-state index in [-0.39, 0.29) is 24.2 Å². The molecule has 1 aromatic carbocycles. The number of anilines is 3. The highest BCUT2D eigenvalue weighted by Gasteiger charge is 2.10. The molecule has 2 amide bonds. The summed E-state index contributed by atoms with van der Waals surface area (Å²) in [5.74, 6) is 6.46. The first-order valence-corrected chi connectivity index (χ1v) is 12.2. The molecule has 0 aliphatic carbocycles. The number of unbranched alkanes of at least 4 members (excludes halogenated alkanes) is 1. The molecule has 0 aliphatic heterocycles. The number of hydrogen-bond acceptors (Lipinski definition) is 7. The summed E-state index contributed by atoms with van der Waals surface area (Å²) in [6, 6.07) is 5.96. The first-order chi connectivity index (χ1) is 17.8. The van der Waals surface area contributed by atoms with Crippen molar-refractivity contribution in [1.82, 2.24) is 25.1 Å². The lowest BCUT2D eigenvalue weighted by molar-refractivity contribution is -0.131. The highest BCUT2D eigenvalue weighted by molar-refractivity contribution is 5.91. The van der Waals surface area contributed by atoms with Gasteiger partial charge in [0.25, 0.3) is 0 Å². The molecule has 0 saturated carbocycles. The standard InChI is InChI=1S/C27H36FN7O2/c1-5-16-30-26-21(19-31-27(33-26)32-23-14-12-22(28)13-15-23)10-7-6-8-17-29-24(36)20-35(4)25(37)11-9-18-34(2)3/h9,11-15,19H,5-6,8,16-18,20H2,1-4H3,(H,29,36)(H2,30,31,32,33)/b11-9+. The third kappa shape index (κ3) is 11.5. The number of carbonyl (C=O) groups excluding carboxylic acids is 2. The Hall–Kier alpha value is -3.97. The Labute approximate surface area is 218 Å². The minimum Gasteiger partial charge on any atom is -0.369 e. The molecule has 198 valence electrons. The van der Waals surface area contributed by atoms with E-state index in [1.165, 1.54) is 23.1 Å². The maximum atomic E-state index is 13.1. The fraction of sp³-hybridized carbons (Fsp3) is 0.407. The average molecular weight is 510 g/mol. The lowest BCUT2D eigenvalue weighted by Gasteiger charge is -2.14. The van der Waals surface area contributed by atoms with E-state index < -0.39 is 0 Å². The molecule has 0 atom stereocenters. The van der Waals surface area contributed by atoms with Crippen molar-refractivity contribution in [3.05, 3.63) is 54.0 Å². The van der Waals surface area contributed by atoms with Gasteiger partial charge in [-0.25, -0.2) is 9.37 Å². The quantitative estimate of drug-likeness (QED) is 0.217. The number of carbonyl (C=O) groups is 2. The van der Waals surface area contributed by atoms with E-state index >= 15 is 0 Å². The van der Waals surface area contributed by atoms with Crippen LogP contribution in [0.1, 0.15) is 31.7 Å². The Balaban J connectivity index is 1.82. The van der Waals surface area contributed by atoms with Gasteiger partial charge in [0.1, 0.15) is 11.6 Å². The van der Waals surface area contributed by atoms with Crippen LogP contribution in [0.5, 0.6) is 0 Å². The van der Waals surface area contributed by atoms with Gasteiger partial charge in [0.05, 0.1) is 18.3 Å². The fourth-order valence-corrected chi connectivity index (χ4v) is 2.98. The summed E-state index contributed by atoms with van der Waals surface area (Å²) in [4.78, 5) is 36.3. The molecule has 0 spiro atoms. The molecule has 3 N–H and O–H groups in total. The van der Waals surface area contributed by atoms with Gasteiger partial charge in [-0.2, -0.15) is 4.98 Å². The van der Waals surface area contributed by atoms with Gasteiger partial charge in [0.2, 0.25) is 17.8 Å².